The maximum absolute atomic E-state index is 2.40. The van der Waals surface area contributed by atoms with Crippen LogP contribution in [0.25, 0.3) is 0 Å². The first-order valence-corrected chi connectivity index (χ1v) is 29.7. The van der Waals surface area contributed by atoms with Gasteiger partial charge in [-0.1, -0.05) is 0 Å². The molecule has 0 aromatic rings. The predicted octanol–water partition coefficient (Wildman–Crippen LogP) is 8.59. The average Bonchev–Trinajstić information content (AvgIpc) is 2.44. The van der Waals surface area contributed by atoms with E-state index in [0.29, 0.717) is 0 Å². The standard InChI is InChI=1S/4C4H9.4CH3.2Sn/c4*1-3-4-2;;;;;;/h4*1,3-4H2,2H3;4*1H3;;. The molecule has 0 atom stereocenters. The van der Waals surface area contributed by atoms with Crippen LogP contribution in [0.5, 0.6) is 0 Å². The van der Waals surface area contributed by atoms with Crippen molar-refractivity contribution in [2.75, 3.05) is 0 Å². The van der Waals surface area contributed by atoms with Crippen molar-refractivity contribution in [3.05, 3.63) is 0 Å². The third-order valence-electron chi connectivity index (χ3n) is 4.24. The second kappa shape index (κ2) is 16.1. The van der Waals surface area contributed by atoms with Crippen LogP contribution in [0.4, 0.5) is 0 Å². The van der Waals surface area contributed by atoms with Crippen LogP contribution >= 0.6 is 0 Å². The van der Waals surface area contributed by atoms with Gasteiger partial charge in [-0.15, -0.1) is 0 Å². The van der Waals surface area contributed by atoms with Crippen LogP contribution in [0, 0.1) is 0 Å². The molecule has 0 N–H and O–H groups in total. The van der Waals surface area contributed by atoms with Crippen LogP contribution in [0.1, 0.15) is 79.1 Å². The molecule has 0 aromatic heterocycles. The zero-order valence-electron chi connectivity index (χ0n) is 17.5. The molecule has 0 fully saturated rings. The van der Waals surface area contributed by atoms with Crippen LogP contribution in [-0.4, -0.2) is 36.8 Å². The van der Waals surface area contributed by atoms with Crippen molar-refractivity contribution < 1.29 is 0 Å². The topological polar surface area (TPSA) is 0 Å². The van der Waals surface area contributed by atoms with E-state index in [2.05, 4.69) is 47.5 Å². The zero-order chi connectivity index (χ0) is 17.5. The first kappa shape index (κ1) is 25.8. The van der Waals surface area contributed by atoms with Crippen molar-refractivity contribution in [3.8, 4) is 0 Å². The van der Waals surface area contributed by atoms with Gasteiger partial charge in [0.1, 0.15) is 0 Å². The Labute approximate surface area is 152 Å². The summed E-state index contributed by atoms with van der Waals surface area (Å²) in [6.45, 7) is 9.48. The van der Waals surface area contributed by atoms with E-state index in [1.54, 1.807) is 17.7 Å². The Balaban J connectivity index is 0. The third-order valence-corrected chi connectivity index (χ3v) is 20.4. The molecule has 0 unspecified atom stereocenters. The fourth-order valence-electron chi connectivity index (χ4n) is 2.96. The van der Waals surface area contributed by atoms with Gasteiger partial charge in [0.2, 0.25) is 0 Å². The fourth-order valence-corrected chi connectivity index (χ4v) is 19.8. The normalized spacial score (nSPS) is 12.0. The third kappa shape index (κ3) is 19.6. The van der Waals surface area contributed by atoms with Gasteiger partial charge in [-0.05, 0) is 0 Å². The minimum absolute atomic E-state index is 1.18. The van der Waals surface area contributed by atoms with Crippen molar-refractivity contribution in [2.45, 2.75) is 117 Å². The van der Waals surface area contributed by atoms with E-state index in [1.807, 2.05) is 0 Å². The van der Waals surface area contributed by atoms with Gasteiger partial charge in [0.05, 0.1) is 0 Å². The summed E-state index contributed by atoms with van der Waals surface area (Å²) in [5.74, 6) is 0. The van der Waals surface area contributed by atoms with Crippen molar-refractivity contribution in [1.29, 1.82) is 0 Å². The van der Waals surface area contributed by atoms with Crippen LogP contribution in [-0.2, 0) is 0 Å². The second-order valence-electron chi connectivity index (χ2n) is 8.91. The molecule has 0 rings (SSSR count). The van der Waals surface area contributed by atoms with Gasteiger partial charge >= 0.3 is 153 Å². The monoisotopic (exact) mass is 528 g/mol. The zero-order valence-corrected chi connectivity index (χ0v) is 23.2. The fraction of sp³-hybridized carbons (Fsp3) is 1.00. The molecule has 22 heavy (non-hydrogen) atoms. The summed E-state index contributed by atoms with van der Waals surface area (Å²) in [4.78, 5) is 9.59. The summed E-state index contributed by atoms with van der Waals surface area (Å²) < 4.78 is 6.80. The molecular formula is C20H48Sn2. The average molecular weight is 526 g/mol. The van der Waals surface area contributed by atoms with Gasteiger partial charge in [-0.3, -0.25) is 0 Å². The second-order valence-corrected chi connectivity index (χ2v) is 40.3. The molecule has 2 heteroatoms. The number of rotatable bonds is 12. The number of hydrogen-bond acceptors (Lipinski definition) is 0. The van der Waals surface area contributed by atoms with Crippen molar-refractivity contribution >= 4 is 36.8 Å². The molecule has 0 radical (unpaired) electrons. The summed E-state index contributed by atoms with van der Waals surface area (Å²) in [6, 6.07) is 0. The van der Waals surface area contributed by atoms with E-state index >= 15 is 0 Å². The van der Waals surface area contributed by atoms with Gasteiger partial charge in [0, 0.05) is 0 Å². The molecule has 0 aliphatic carbocycles. The Morgan fingerprint density at radius 2 is 0.636 bits per heavy atom. The molecule has 0 aliphatic rings. The van der Waals surface area contributed by atoms with Crippen LogP contribution in [0.15, 0.2) is 0 Å². The molecular weight excluding hydrogens is 478 g/mol. The molecule has 0 amide bonds. The van der Waals surface area contributed by atoms with E-state index < -0.39 is 36.8 Å². The quantitative estimate of drug-likeness (QED) is 0.224. The van der Waals surface area contributed by atoms with Crippen LogP contribution < -0.4 is 0 Å². The summed E-state index contributed by atoms with van der Waals surface area (Å²) in [5.41, 5.74) is 0. The van der Waals surface area contributed by atoms with Gasteiger partial charge < -0.3 is 0 Å². The van der Waals surface area contributed by atoms with Gasteiger partial charge in [-0.25, -0.2) is 0 Å². The minimum atomic E-state index is -1.69. The Bertz CT molecular complexity index is 175. The molecule has 136 valence electrons. The van der Waals surface area contributed by atoms with E-state index in [1.165, 1.54) is 51.4 Å². The van der Waals surface area contributed by atoms with Gasteiger partial charge in [-0.2, -0.15) is 0 Å². The Hall–Kier alpha value is 1.60. The molecule has 0 heterocycles. The Morgan fingerprint density at radius 1 is 0.455 bits per heavy atom. The van der Waals surface area contributed by atoms with Crippen molar-refractivity contribution in [2.24, 2.45) is 0 Å². The number of hydrogen-bond donors (Lipinski definition) is 0. The first-order chi connectivity index (χ1) is 10.2. The summed E-state index contributed by atoms with van der Waals surface area (Å²) >= 11 is -2.87. The summed E-state index contributed by atoms with van der Waals surface area (Å²) in [5, 5.41) is 0. The van der Waals surface area contributed by atoms with Gasteiger partial charge in [0.15, 0.2) is 0 Å². The molecule has 0 aliphatic heterocycles. The predicted molar refractivity (Wildman–Crippen MR) is 114 cm³/mol. The van der Waals surface area contributed by atoms with Crippen molar-refractivity contribution in [1.82, 2.24) is 0 Å². The molecule has 0 aromatic carbocycles. The van der Waals surface area contributed by atoms with Crippen LogP contribution in [0.2, 0.25) is 37.5 Å². The Morgan fingerprint density at radius 3 is 0.773 bits per heavy atom. The molecule has 0 saturated heterocycles. The van der Waals surface area contributed by atoms with Crippen molar-refractivity contribution in [3.63, 3.8) is 0 Å². The molecule has 0 spiro atoms. The molecule has 0 nitrogen and oxygen atoms in total. The molecule has 0 bridgehead atoms. The summed E-state index contributed by atoms with van der Waals surface area (Å²) in [7, 11) is 0. The van der Waals surface area contributed by atoms with E-state index in [0.717, 1.165) is 0 Å². The SMILES string of the molecule is CCC[CH2][Sn]([CH2]CCC)([CH2]CCC)[CH2]CCC.[CH3][Sn]([CH3])([CH3])[CH3]. The summed E-state index contributed by atoms with van der Waals surface area (Å²) in [6.07, 6.45) is 11.8. The number of unbranched alkanes of at least 4 members (excludes halogenated alkanes) is 4. The Kier molecular flexibility index (Phi) is 18.9. The first-order valence-electron chi connectivity index (χ1n) is 10.2. The van der Waals surface area contributed by atoms with E-state index in [9.17, 15) is 0 Å². The maximum atomic E-state index is 2.40. The van der Waals surface area contributed by atoms with E-state index in [4.69, 9.17) is 0 Å². The van der Waals surface area contributed by atoms with Gasteiger partial charge in [0.25, 0.3) is 0 Å². The van der Waals surface area contributed by atoms with Crippen LogP contribution in [0.3, 0.4) is 0 Å². The molecule has 0 saturated carbocycles. The van der Waals surface area contributed by atoms with E-state index in [-0.39, 0.29) is 0 Å².